The van der Waals surface area contributed by atoms with Crippen LogP contribution in [0, 0.1) is 17.8 Å². The summed E-state index contributed by atoms with van der Waals surface area (Å²) in [4.78, 5) is 30.2. The SMILES string of the molecule is CCCOc1ccc(C(=O)Nc2ccccc2C(=O)O[C@@]23CC[C@H](OC)CC45C2C[C@@H](N4[C@H]3C)[C@@]2(O)C[C@H](OC)[C@H]3CC5[C@]2(O)[C@H]3OC)cc1. The van der Waals surface area contributed by atoms with Gasteiger partial charge in [-0.05, 0) is 81.8 Å². The standard InChI is InChI=1S/C39H50N2O9/c1-6-17-49-24-13-11-23(12-14-24)34(42)40-28-10-8-7-9-26(28)35(43)50-37-16-15-25(46-3)20-36-30(37)19-32(41(36)22(37)2)38(44)21-29(47-4)27-18-31(36)39(38,45)33(27)48-5/h7-14,22,25,27,29-33,44-45H,6,15-21H2,1-5H3,(H,40,42)/t22-,25-,27+,29-,30?,31?,32+,33-,36?,37+,38-,39-/m0/s1. The average molecular weight is 691 g/mol. The number of methoxy groups -OCH3 is 3. The molecule has 50 heavy (non-hydrogen) atoms. The van der Waals surface area contributed by atoms with E-state index in [0.717, 1.165) is 6.42 Å². The first-order chi connectivity index (χ1) is 24.0. The number of amides is 1. The Hall–Kier alpha value is -3.06. The molecule has 4 unspecified atom stereocenters. The summed E-state index contributed by atoms with van der Waals surface area (Å²) in [7, 11) is 5.02. The number of para-hydroxylation sites is 1. The monoisotopic (exact) mass is 690 g/mol. The number of nitrogens with one attached hydrogen (secondary N) is 1. The highest BCUT2D eigenvalue weighted by Gasteiger charge is 2.89. The van der Waals surface area contributed by atoms with Crippen molar-refractivity contribution in [3.63, 3.8) is 0 Å². The van der Waals surface area contributed by atoms with E-state index in [0.29, 0.717) is 62.1 Å². The molecule has 0 radical (unpaired) electrons. The molecule has 2 aromatic rings. The molecule has 8 rings (SSSR count). The maximum absolute atomic E-state index is 14.4. The molecule has 13 atom stereocenters. The van der Waals surface area contributed by atoms with E-state index in [2.05, 4.69) is 17.1 Å². The highest BCUT2D eigenvalue weighted by atomic mass is 16.6. The second kappa shape index (κ2) is 12.0. The van der Waals surface area contributed by atoms with Crippen LogP contribution in [-0.4, -0.2) is 108 Å². The minimum absolute atomic E-state index is 0.0818. The van der Waals surface area contributed by atoms with Gasteiger partial charge in [-0.2, -0.15) is 0 Å². The number of fused-ring (bicyclic) bond motifs is 2. The van der Waals surface area contributed by atoms with Crippen LogP contribution in [0.1, 0.15) is 79.5 Å². The molecule has 6 aliphatic rings. The number of ether oxygens (including phenoxy) is 5. The molecule has 11 nitrogen and oxygen atoms in total. The van der Waals surface area contributed by atoms with Crippen LogP contribution in [0.5, 0.6) is 5.75 Å². The number of aliphatic hydroxyl groups is 2. The topological polar surface area (TPSA) is 136 Å². The summed E-state index contributed by atoms with van der Waals surface area (Å²) < 4.78 is 30.6. The molecule has 270 valence electrons. The van der Waals surface area contributed by atoms with E-state index in [1.807, 2.05) is 6.92 Å². The van der Waals surface area contributed by atoms with Gasteiger partial charge in [0.2, 0.25) is 0 Å². The second-order valence-corrected chi connectivity index (χ2v) is 15.5. The Balaban J connectivity index is 1.13. The Bertz CT molecular complexity index is 1650. The fourth-order valence-corrected chi connectivity index (χ4v) is 12.0. The summed E-state index contributed by atoms with van der Waals surface area (Å²) in [6.45, 7) is 4.74. The van der Waals surface area contributed by atoms with Gasteiger partial charge in [0.25, 0.3) is 5.91 Å². The minimum Gasteiger partial charge on any atom is -0.494 e. The lowest BCUT2D eigenvalue weighted by Gasteiger charge is -2.64. The maximum Gasteiger partial charge on any atom is 0.340 e. The zero-order chi connectivity index (χ0) is 35.2. The van der Waals surface area contributed by atoms with Gasteiger partial charge in [0.1, 0.15) is 22.6 Å². The highest BCUT2D eigenvalue weighted by Crippen LogP contribution is 2.76. The van der Waals surface area contributed by atoms with Crippen LogP contribution in [0.4, 0.5) is 5.69 Å². The minimum atomic E-state index is -1.49. The first-order valence-corrected chi connectivity index (χ1v) is 18.2. The van der Waals surface area contributed by atoms with E-state index >= 15 is 0 Å². The molecule has 1 spiro atoms. The number of hydrogen-bond donors (Lipinski definition) is 3. The van der Waals surface area contributed by atoms with Crippen molar-refractivity contribution < 1.29 is 43.5 Å². The van der Waals surface area contributed by atoms with E-state index in [9.17, 15) is 19.8 Å². The van der Waals surface area contributed by atoms with Gasteiger partial charge in [0.15, 0.2) is 0 Å². The molecule has 7 bridgehead atoms. The third kappa shape index (κ3) is 4.31. The van der Waals surface area contributed by atoms with Gasteiger partial charge in [-0.15, -0.1) is 0 Å². The Labute approximate surface area is 293 Å². The highest BCUT2D eigenvalue weighted by molar-refractivity contribution is 6.08. The van der Waals surface area contributed by atoms with E-state index in [1.165, 1.54) is 0 Å². The fourth-order valence-electron chi connectivity index (χ4n) is 12.0. The first-order valence-electron chi connectivity index (χ1n) is 18.2. The van der Waals surface area contributed by atoms with Crippen LogP contribution in [0.25, 0.3) is 0 Å². The normalized spacial score (nSPS) is 43.3. The summed E-state index contributed by atoms with van der Waals surface area (Å²) in [5.41, 5.74) is -3.37. The van der Waals surface area contributed by atoms with Crippen molar-refractivity contribution >= 4 is 17.6 Å². The Morgan fingerprint density at radius 1 is 0.960 bits per heavy atom. The van der Waals surface area contributed by atoms with Crippen LogP contribution in [0.15, 0.2) is 48.5 Å². The molecule has 3 heterocycles. The van der Waals surface area contributed by atoms with Crippen molar-refractivity contribution in [1.29, 1.82) is 0 Å². The van der Waals surface area contributed by atoms with Crippen LogP contribution in [0.2, 0.25) is 0 Å². The van der Waals surface area contributed by atoms with Gasteiger partial charge >= 0.3 is 5.97 Å². The fraction of sp³-hybridized carbons (Fsp3) is 0.641. The summed E-state index contributed by atoms with van der Waals surface area (Å²) in [6.07, 6.45) is 3.38. The number of carbonyl (C=O) groups is 2. The number of carbonyl (C=O) groups excluding carboxylic acids is 2. The van der Waals surface area contributed by atoms with E-state index in [1.54, 1.807) is 69.9 Å². The maximum atomic E-state index is 14.4. The van der Waals surface area contributed by atoms with Crippen molar-refractivity contribution in [2.45, 2.75) is 112 Å². The lowest BCUT2D eigenvalue weighted by molar-refractivity contribution is -0.310. The van der Waals surface area contributed by atoms with Gasteiger partial charge in [-0.1, -0.05) is 19.1 Å². The van der Waals surface area contributed by atoms with E-state index < -0.39 is 34.4 Å². The molecule has 3 saturated carbocycles. The van der Waals surface area contributed by atoms with Gasteiger partial charge in [0.05, 0.1) is 36.2 Å². The number of piperidine rings is 2. The van der Waals surface area contributed by atoms with Gasteiger partial charge in [-0.25, -0.2) is 4.79 Å². The summed E-state index contributed by atoms with van der Waals surface area (Å²) in [6, 6.07) is 13.3. The molecule has 3 aliphatic carbocycles. The lowest BCUT2D eigenvalue weighted by atomic mass is 9.58. The summed E-state index contributed by atoms with van der Waals surface area (Å²) in [5.74, 6) is -0.752. The zero-order valence-corrected chi connectivity index (χ0v) is 29.6. The molecule has 3 N–H and O–H groups in total. The molecule has 11 heteroatoms. The summed E-state index contributed by atoms with van der Waals surface area (Å²) in [5, 5.41) is 28.6. The summed E-state index contributed by atoms with van der Waals surface area (Å²) >= 11 is 0. The van der Waals surface area contributed by atoms with Gasteiger partial charge < -0.3 is 39.2 Å². The first kappa shape index (κ1) is 34.0. The third-order valence-corrected chi connectivity index (χ3v) is 13.9. The third-order valence-electron chi connectivity index (χ3n) is 13.9. The van der Waals surface area contributed by atoms with Crippen molar-refractivity contribution in [3.8, 4) is 5.75 Å². The molecule has 3 saturated heterocycles. The van der Waals surface area contributed by atoms with E-state index in [4.69, 9.17) is 23.7 Å². The molecule has 2 aromatic carbocycles. The smallest absolute Gasteiger partial charge is 0.340 e. The largest absolute Gasteiger partial charge is 0.494 e. The van der Waals surface area contributed by atoms with Crippen molar-refractivity contribution in [3.05, 3.63) is 59.7 Å². The second-order valence-electron chi connectivity index (χ2n) is 15.5. The molecule has 1 amide bonds. The zero-order valence-electron chi connectivity index (χ0n) is 29.6. The Morgan fingerprint density at radius 3 is 2.42 bits per heavy atom. The number of rotatable bonds is 10. The number of benzene rings is 2. The van der Waals surface area contributed by atoms with Crippen LogP contribution in [0.3, 0.4) is 0 Å². The van der Waals surface area contributed by atoms with Crippen molar-refractivity contribution in [1.82, 2.24) is 4.90 Å². The van der Waals surface area contributed by atoms with Crippen molar-refractivity contribution in [2.75, 3.05) is 33.3 Å². The number of anilines is 1. The van der Waals surface area contributed by atoms with Crippen LogP contribution < -0.4 is 10.1 Å². The molecule has 6 fully saturated rings. The van der Waals surface area contributed by atoms with Gasteiger partial charge in [-0.3, -0.25) is 9.69 Å². The van der Waals surface area contributed by atoms with Crippen LogP contribution >= 0.6 is 0 Å². The predicted octanol–water partition coefficient (Wildman–Crippen LogP) is 4.20. The quantitative estimate of drug-likeness (QED) is 0.312. The number of nitrogens with zero attached hydrogens (tertiary/aromatic N) is 1. The predicted molar refractivity (Wildman–Crippen MR) is 183 cm³/mol. The van der Waals surface area contributed by atoms with Gasteiger partial charge in [0, 0.05) is 68.7 Å². The average Bonchev–Trinajstić information content (AvgIpc) is 3.61. The number of esters is 1. The molecule has 0 aromatic heterocycles. The van der Waals surface area contributed by atoms with E-state index in [-0.39, 0.29) is 53.5 Å². The number of hydrogen-bond acceptors (Lipinski definition) is 10. The molecular weight excluding hydrogens is 640 g/mol. The molecular formula is C39H50N2O9. The van der Waals surface area contributed by atoms with Crippen LogP contribution in [-0.2, 0) is 18.9 Å². The lowest BCUT2D eigenvalue weighted by Crippen LogP contribution is -2.81. The Kier molecular flexibility index (Phi) is 8.17. The Morgan fingerprint density at radius 2 is 1.72 bits per heavy atom. The molecule has 3 aliphatic heterocycles. The van der Waals surface area contributed by atoms with Crippen molar-refractivity contribution in [2.24, 2.45) is 17.8 Å².